The minimum atomic E-state index is -0.915. The second-order valence-electron chi connectivity index (χ2n) is 9.05. The summed E-state index contributed by atoms with van der Waals surface area (Å²) in [5.41, 5.74) is 2.25. The number of nitrogens with zero attached hydrogens (tertiary/aromatic N) is 1. The van der Waals surface area contributed by atoms with E-state index in [0.29, 0.717) is 13.0 Å². The quantitative estimate of drug-likeness (QED) is 0.411. The van der Waals surface area contributed by atoms with Crippen LogP contribution in [0.15, 0.2) is 102 Å². The Morgan fingerprint density at radius 1 is 0.909 bits per heavy atom. The first-order chi connectivity index (χ1) is 16.0. The van der Waals surface area contributed by atoms with Crippen molar-refractivity contribution in [3.63, 3.8) is 0 Å². The summed E-state index contributed by atoms with van der Waals surface area (Å²) in [7, 11) is 0. The lowest BCUT2D eigenvalue weighted by Gasteiger charge is -2.40. The molecule has 1 atom stereocenters. The van der Waals surface area contributed by atoms with Crippen molar-refractivity contribution in [1.29, 1.82) is 0 Å². The molecule has 4 rings (SSSR count). The third kappa shape index (κ3) is 5.11. The highest BCUT2D eigenvalue weighted by molar-refractivity contribution is 5.94. The van der Waals surface area contributed by atoms with Gasteiger partial charge in [0.25, 0.3) is 0 Å². The van der Waals surface area contributed by atoms with E-state index in [4.69, 9.17) is 4.74 Å². The van der Waals surface area contributed by atoms with E-state index in [1.807, 2.05) is 83.8 Å². The monoisotopic (exact) mass is 441 g/mol. The summed E-state index contributed by atoms with van der Waals surface area (Å²) in [4.78, 5) is 15.4. The fourth-order valence-corrected chi connectivity index (χ4v) is 4.48. The van der Waals surface area contributed by atoms with Gasteiger partial charge in [-0.2, -0.15) is 0 Å². The van der Waals surface area contributed by atoms with Gasteiger partial charge < -0.3 is 14.7 Å². The van der Waals surface area contributed by atoms with Crippen LogP contribution in [0.2, 0.25) is 0 Å². The molecule has 0 fully saturated rings. The predicted octanol–water partition coefficient (Wildman–Crippen LogP) is 6.39. The van der Waals surface area contributed by atoms with Crippen molar-refractivity contribution in [2.75, 3.05) is 11.4 Å². The molecule has 4 nitrogen and oxygen atoms in total. The van der Waals surface area contributed by atoms with Gasteiger partial charge in [0.2, 0.25) is 0 Å². The topological polar surface area (TPSA) is 49.8 Å². The second-order valence-corrected chi connectivity index (χ2v) is 9.05. The van der Waals surface area contributed by atoms with E-state index in [1.54, 1.807) is 0 Å². The molecule has 3 aromatic carbocycles. The van der Waals surface area contributed by atoms with Crippen LogP contribution in [0.25, 0.3) is 0 Å². The van der Waals surface area contributed by atoms with E-state index in [-0.39, 0.29) is 23.8 Å². The minimum absolute atomic E-state index is 0.0765. The van der Waals surface area contributed by atoms with Crippen LogP contribution in [-0.2, 0) is 21.6 Å². The van der Waals surface area contributed by atoms with Gasteiger partial charge in [0, 0.05) is 12.2 Å². The predicted molar refractivity (Wildman–Crippen MR) is 132 cm³/mol. The van der Waals surface area contributed by atoms with Crippen molar-refractivity contribution in [2.24, 2.45) is 5.92 Å². The summed E-state index contributed by atoms with van der Waals surface area (Å²) in [5.74, 6) is -0.120. The number of aliphatic hydroxyl groups excluding tert-OH is 1. The third-order valence-electron chi connectivity index (χ3n) is 6.05. The Hall–Kier alpha value is -3.53. The Kier molecular flexibility index (Phi) is 6.83. The maximum atomic E-state index is 13.5. The van der Waals surface area contributed by atoms with Crippen LogP contribution < -0.4 is 4.90 Å². The Balaban J connectivity index is 1.72. The number of aryl methyl sites for hydroxylation is 1. The van der Waals surface area contributed by atoms with E-state index < -0.39 is 11.6 Å². The zero-order chi connectivity index (χ0) is 23.3. The van der Waals surface area contributed by atoms with Crippen LogP contribution in [0.4, 0.5) is 5.69 Å². The van der Waals surface area contributed by atoms with Crippen molar-refractivity contribution < 1.29 is 14.6 Å². The van der Waals surface area contributed by atoms with Crippen LogP contribution in [0.1, 0.15) is 37.8 Å². The average molecular weight is 442 g/mol. The van der Waals surface area contributed by atoms with E-state index in [2.05, 4.69) is 26.0 Å². The molecule has 0 aromatic heterocycles. The average Bonchev–Trinajstić information content (AvgIpc) is 2.83. The van der Waals surface area contributed by atoms with Crippen LogP contribution in [0, 0.1) is 5.92 Å². The first-order valence-corrected chi connectivity index (χ1v) is 11.6. The maximum Gasteiger partial charge on any atom is 0.359 e. The molecule has 1 aliphatic heterocycles. The van der Waals surface area contributed by atoms with Crippen LogP contribution >= 0.6 is 0 Å². The maximum absolute atomic E-state index is 13.5. The SMILES string of the molecule is CC(C)CN(C1=C(O)CC(CCc2ccccc2)(c2ccccc2)OC1=O)c1ccccc1. The van der Waals surface area contributed by atoms with Crippen molar-refractivity contribution in [2.45, 2.75) is 38.7 Å². The van der Waals surface area contributed by atoms with Crippen molar-refractivity contribution in [3.05, 3.63) is 114 Å². The van der Waals surface area contributed by atoms with Gasteiger partial charge in [-0.3, -0.25) is 0 Å². The largest absolute Gasteiger partial charge is 0.510 e. The van der Waals surface area contributed by atoms with Crippen molar-refractivity contribution in [3.8, 4) is 0 Å². The molecular weight excluding hydrogens is 410 g/mol. The molecule has 0 radical (unpaired) electrons. The Morgan fingerprint density at radius 2 is 1.48 bits per heavy atom. The molecule has 1 N–H and O–H groups in total. The van der Waals surface area contributed by atoms with E-state index in [9.17, 15) is 9.90 Å². The van der Waals surface area contributed by atoms with Gasteiger partial charge >= 0.3 is 5.97 Å². The molecule has 3 aromatic rings. The molecule has 0 aliphatic carbocycles. The summed E-state index contributed by atoms with van der Waals surface area (Å²) < 4.78 is 6.25. The number of ether oxygens (including phenoxy) is 1. The fraction of sp³-hybridized carbons (Fsp3) is 0.276. The number of rotatable bonds is 8. The number of carbonyl (C=O) groups excluding carboxylic acids is 1. The van der Waals surface area contributed by atoms with Crippen LogP contribution in [0.5, 0.6) is 0 Å². The molecule has 1 unspecified atom stereocenters. The Morgan fingerprint density at radius 3 is 2.06 bits per heavy atom. The van der Waals surface area contributed by atoms with Gasteiger partial charge in [-0.25, -0.2) is 4.79 Å². The highest BCUT2D eigenvalue weighted by Gasteiger charge is 2.45. The van der Waals surface area contributed by atoms with Gasteiger partial charge in [-0.1, -0.05) is 92.7 Å². The number of esters is 1. The van der Waals surface area contributed by atoms with Gasteiger partial charge in [-0.05, 0) is 42.0 Å². The Labute approximate surface area is 196 Å². The number of hydrogen-bond donors (Lipinski definition) is 1. The molecule has 33 heavy (non-hydrogen) atoms. The minimum Gasteiger partial charge on any atom is -0.510 e. The summed E-state index contributed by atoms with van der Waals surface area (Å²) in [6.45, 7) is 4.78. The fourth-order valence-electron chi connectivity index (χ4n) is 4.48. The van der Waals surface area contributed by atoms with E-state index in [0.717, 1.165) is 17.7 Å². The molecule has 4 heteroatoms. The molecule has 0 saturated heterocycles. The zero-order valence-electron chi connectivity index (χ0n) is 19.3. The normalized spacial score (nSPS) is 18.3. The smallest absolute Gasteiger partial charge is 0.359 e. The lowest BCUT2D eigenvalue weighted by molar-refractivity contribution is -0.161. The summed E-state index contributed by atoms with van der Waals surface area (Å²) in [6.07, 6.45) is 1.56. The van der Waals surface area contributed by atoms with Crippen molar-refractivity contribution in [1.82, 2.24) is 0 Å². The van der Waals surface area contributed by atoms with Gasteiger partial charge in [0.1, 0.15) is 11.4 Å². The van der Waals surface area contributed by atoms with E-state index >= 15 is 0 Å². The number of benzene rings is 3. The first-order valence-electron chi connectivity index (χ1n) is 11.6. The number of aliphatic hydroxyl groups is 1. The van der Waals surface area contributed by atoms with Crippen LogP contribution in [0.3, 0.4) is 0 Å². The number of cyclic esters (lactones) is 1. The molecule has 0 amide bonds. The highest BCUT2D eigenvalue weighted by Crippen LogP contribution is 2.42. The molecule has 170 valence electrons. The molecule has 0 bridgehead atoms. The number of hydrogen-bond acceptors (Lipinski definition) is 4. The highest BCUT2D eigenvalue weighted by atomic mass is 16.6. The number of carbonyl (C=O) groups is 1. The van der Waals surface area contributed by atoms with Crippen molar-refractivity contribution >= 4 is 11.7 Å². The lowest BCUT2D eigenvalue weighted by Crippen LogP contribution is -2.43. The van der Waals surface area contributed by atoms with Gasteiger partial charge in [0.05, 0.1) is 6.42 Å². The van der Waals surface area contributed by atoms with E-state index in [1.165, 1.54) is 5.56 Å². The molecular formula is C29H31NO3. The molecule has 0 saturated carbocycles. The summed E-state index contributed by atoms with van der Waals surface area (Å²) in [5, 5.41) is 11.3. The number of anilines is 1. The standard InChI is InChI=1S/C29H31NO3/c1-22(2)21-30(25-16-10-5-11-17-25)27-26(31)20-29(33-28(27)32,24-14-8-4-9-15-24)19-18-23-12-6-3-7-13-23/h3-17,22,31H,18-21H2,1-2H3. The zero-order valence-corrected chi connectivity index (χ0v) is 19.3. The summed E-state index contributed by atoms with van der Waals surface area (Å²) in [6, 6.07) is 29.6. The van der Waals surface area contributed by atoms with Crippen LogP contribution in [-0.4, -0.2) is 17.6 Å². The lowest BCUT2D eigenvalue weighted by atomic mass is 9.82. The molecule has 1 aliphatic rings. The number of para-hydroxylation sites is 1. The van der Waals surface area contributed by atoms with Gasteiger partial charge in [0.15, 0.2) is 5.70 Å². The molecule has 1 heterocycles. The second kappa shape index (κ2) is 9.95. The third-order valence-corrected chi connectivity index (χ3v) is 6.05. The first kappa shape index (κ1) is 22.7. The Bertz CT molecular complexity index is 1090. The molecule has 0 spiro atoms. The van der Waals surface area contributed by atoms with Gasteiger partial charge in [-0.15, -0.1) is 0 Å². The summed E-state index contributed by atoms with van der Waals surface area (Å²) >= 11 is 0.